The van der Waals surface area contributed by atoms with Gasteiger partial charge in [-0.15, -0.1) is 0 Å². The number of carbonyl (C=O) groups is 1. The quantitative estimate of drug-likeness (QED) is 0.744. The molecule has 0 saturated carbocycles. The van der Waals surface area contributed by atoms with E-state index < -0.39 is 17.5 Å². The Morgan fingerprint density at radius 2 is 2.11 bits per heavy atom. The first kappa shape index (κ1) is 14.3. The van der Waals surface area contributed by atoms with Crippen LogP contribution in [0.15, 0.2) is 18.2 Å². The molecule has 0 saturated heterocycles. The van der Waals surface area contributed by atoms with Gasteiger partial charge in [-0.1, -0.05) is 13.0 Å². The lowest BCUT2D eigenvalue weighted by molar-refractivity contribution is -0.152. The summed E-state index contributed by atoms with van der Waals surface area (Å²) in [5.74, 6) is -1.84. The number of benzene rings is 1. The van der Waals surface area contributed by atoms with Crippen molar-refractivity contribution in [2.24, 2.45) is 5.92 Å². The Morgan fingerprint density at radius 1 is 1.50 bits per heavy atom. The Balaban J connectivity index is 3.22. The van der Waals surface area contributed by atoms with Crippen LogP contribution in [0.25, 0.3) is 0 Å². The SMILES string of the molecule is CCC(C(=O)O)C(C)(O)c1ccc(O)c(OC)c1. The fourth-order valence-corrected chi connectivity index (χ4v) is 2.01. The lowest BCUT2D eigenvalue weighted by Gasteiger charge is -2.30. The summed E-state index contributed by atoms with van der Waals surface area (Å²) in [5.41, 5.74) is -1.13. The van der Waals surface area contributed by atoms with Crippen LogP contribution in [0.2, 0.25) is 0 Å². The Morgan fingerprint density at radius 3 is 2.56 bits per heavy atom. The van der Waals surface area contributed by atoms with Crippen molar-refractivity contribution >= 4 is 5.97 Å². The molecule has 0 aliphatic heterocycles. The number of aliphatic carboxylic acids is 1. The highest BCUT2D eigenvalue weighted by molar-refractivity contribution is 5.72. The molecule has 0 aliphatic carbocycles. The number of carboxylic acid groups (broad SMARTS) is 1. The highest BCUT2D eigenvalue weighted by atomic mass is 16.5. The van der Waals surface area contributed by atoms with Gasteiger partial charge in [0.1, 0.15) is 5.60 Å². The highest BCUT2D eigenvalue weighted by Crippen LogP contribution is 2.36. The van der Waals surface area contributed by atoms with E-state index in [2.05, 4.69) is 0 Å². The highest BCUT2D eigenvalue weighted by Gasteiger charge is 2.38. The minimum absolute atomic E-state index is 0.0552. The number of methoxy groups -OCH3 is 1. The van der Waals surface area contributed by atoms with Crippen LogP contribution in [-0.2, 0) is 10.4 Å². The molecule has 2 unspecified atom stereocenters. The summed E-state index contributed by atoms with van der Waals surface area (Å²) in [4.78, 5) is 11.1. The average molecular weight is 254 g/mol. The molecule has 1 aromatic carbocycles. The van der Waals surface area contributed by atoms with Crippen LogP contribution in [0.3, 0.4) is 0 Å². The summed E-state index contributed by atoms with van der Waals surface area (Å²) in [6, 6.07) is 4.31. The van der Waals surface area contributed by atoms with Crippen LogP contribution in [0.1, 0.15) is 25.8 Å². The normalized spacial score (nSPS) is 15.8. The topological polar surface area (TPSA) is 87.0 Å². The van der Waals surface area contributed by atoms with E-state index >= 15 is 0 Å². The van der Waals surface area contributed by atoms with Crippen LogP contribution >= 0.6 is 0 Å². The van der Waals surface area contributed by atoms with Gasteiger partial charge in [0.15, 0.2) is 11.5 Å². The van der Waals surface area contributed by atoms with Gasteiger partial charge in [0.25, 0.3) is 0 Å². The van der Waals surface area contributed by atoms with E-state index in [0.717, 1.165) is 0 Å². The monoisotopic (exact) mass is 254 g/mol. The minimum atomic E-state index is -1.53. The molecule has 0 heterocycles. The summed E-state index contributed by atoms with van der Waals surface area (Å²) < 4.78 is 4.95. The molecule has 0 bridgehead atoms. The molecule has 5 heteroatoms. The number of hydrogen-bond donors (Lipinski definition) is 3. The van der Waals surface area contributed by atoms with Crippen LogP contribution in [-0.4, -0.2) is 28.4 Å². The van der Waals surface area contributed by atoms with E-state index in [1.807, 2.05) is 0 Å². The van der Waals surface area contributed by atoms with Gasteiger partial charge in [0.2, 0.25) is 0 Å². The van der Waals surface area contributed by atoms with Gasteiger partial charge < -0.3 is 20.1 Å². The third-order valence-electron chi connectivity index (χ3n) is 3.15. The zero-order valence-corrected chi connectivity index (χ0v) is 10.7. The van der Waals surface area contributed by atoms with Gasteiger partial charge in [0, 0.05) is 0 Å². The van der Waals surface area contributed by atoms with Crippen molar-refractivity contribution < 1.29 is 24.9 Å². The molecule has 0 aliphatic rings. The van der Waals surface area contributed by atoms with Crippen molar-refractivity contribution in [2.75, 3.05) is 7.11 Å². The molecule has 1 rings (SSSR count). The summed E-state index contributed by atoms with van der Waals surface area (Å²) in [6.07, 6.45) is 0.297. The smallest absolute Gasteiger partial charge is 0.309 e. The van der Waals surface area contributed by atoms with E-state index in [1.165, 1.54) is 32.2 Å². The Labute approximate surface area is 106 Å². The first-order valence-corrected chi connectivity index (χ1v) is 5.67. The third kappa shape index (κ3) is 2.56. The molecule has 0 fully saturated rings. The Bertz CT molecular complexity index is 439. The minimum Gasteiger partial charge on any atom is -0.504 e. The van der Waals surface area contributed by atoms with E-state index in [4.69, 9.17) is 9.84 Å². The molecular weight excluding hydrogens is 236 g/mol. The van der Waals surface area contributed by atoms with Crippen LogP contribution in [0.4, 0.5) is 0 Å². The Hall–Kier alpha value is -1.75. The van der Waals surface area contributed by atoms with E-state index in [9.17, 15) is 15.0 Å². The zero-order chi connectivity index (χ0) is 13.9. The molecule has 18 heavy (non-hydrogen) atoms. The molecule has 100 valence electrons. The fraction of sp³-hybridized carbons (Fsp3) is 0.462. The molecule has 0 spiro atoms. The lowest BCUT2D eigenvalue weighted by Crippen LogP contribution is -2.36. The van der Waals surface area contributed by atoms with Crippen molar-refractivity contribution in [3.8, 4) is 11.5 Å². The van der Waals surface area contributed by atoms with E-state index in [1.54, 1.807) is 6.92 Å². The number of rotatable bonds is 5. The molecule has 0 aromatic heterocycles. The van der Waals surface area contributed by atoms with Crippen molar-refractivity contribution in [3.05, 3.63) is 23.8 Å². The van der Waals surface area contributed by atoms with Crippen molar-refractivity contribution in [1.82, 2.24) is 0 Å². The predicted molar refractivity (Wildman–Crippen MR) is 65.6 cm³/mol. The summed E-state index contributed by atoms with van der Waals surface area (Å²) in [6.45, 7) is 3.14. The number of aromatic hydroxyl groups is 1. The van der Waals surface area contributed by atoms with Crippen molar-refractivity contribution in [2.45, 2.75) is 25.9 Å². The van der Waals surface area contributed by atoms with E-state index in [-0.39, 0.29) is 11.5 Å². The lowest BCUT2D eigenvalue weighted by atomic mass is 9.81. The summed E-state index contributed by atoms with van der Waals surface area (Å²) >= 11 is 0. The molecule has 0 radical (unpaired) electrons. The number of ether oxygens (including phenoxy) is 1. The van der Waals surface area contributed by atoms with Crippen LogP contribution in [0.5, 0.6) is 11.5 Å². The largest absolute Gasteiger partial charge is 0.504 e. The number of aliphatic hydroxyl groups is 1. The van der Waals surface area contributed by atoms with Gasteiger partial charge in [0.05, 0.1) is 13.0 Å². The molecular formula is C13H18O5. The van der Waals surface area contributed by atoms with Crippen molar-refractivity contribution in [1.29, 1.82) is 0 Å². The zero-order valence-electron chi connectivity index (χ0n) is 10.7. The van der Waals surface area contributed by atoms with Crippen LogP contribution < -0.4 is 4.74 Å². The second-order valence-electron chi connectivity index (χ2n) is 4.33. The van der Waals surface area contributed by atoms with Gasteiger partial charge >= 0.3 is 5.97 Å². The number of carboxylic acids is 1. The van der Waals surface area contributed by atoms with Gasteiger partial charge in [-0.25, -0.2) is 0 Å². The van der Waals surface area contributed by atoms with Gasteiger partial charge in [-0.3, -0.25) is 4.79 Å². The molecule has 3 N–H and O–H groups in total. The maximum absolute atomic E-state index is 11.1. The third-order valence-corrected chi connectivity index (χ3v) is 3.15. The fourth-order valence-electron chi connectivity index (χ4n) is 2.01. The van der Waals surface area contributed by atoms with Gasteiger partial charge in [-0.05, 0) is 31.0 Å². The van der Waals surface area contributed by atoms with E-state index in [0.29, 0.717) is 12.0 Å². The van der Waals surface area contributed by atoms with Crippen LogP contribution in [0, 0.1) is 5.92 Å². The van der Waals surface area contributed by atoms with Crippen molar-refractivity contribution in [3.63, 3.8) is 0 Å². The molecule has 1 aromatic rings. The number of phenolic OH excluding ortho intramolecular Hbond substituents is 1. The second-order valence-corrected chi connectivity index (χ2v) is 4.33. The maximum atomic E-state index is 11.1. The number of hydrogen-bond acceptors (Lipinski definition) is 4. The second kappa shape index (κ2) is 5.27. The standard InChI is InChI=1S/C13H18O5/c1-4-9(12(15)16)13(2,17)8-5-6-10(14)11(7-8)18-3/h5-7,9,14,17H,4H2,1-3H3,(H,15,16). The molecule has 5 nitrogen and oxygen atoms in total. The first-order chi connectivity index (χ1) is 8.34. The first-order valence-electron chi connectivity index (χ1n) is 5.67. The average Bonchev–Trinajstić information content (AvgIpc) is 2.29. The maximum Gasteiger partial charge on any atom is 0.309 e. The Kier molecular flexibility index (Phi) is 4.19. The predicted octanol–water partition coefficient (Wildman–Crippen LogP) is 1.72. The summed E-state index contributed by atoms with van der Waals surface area (Å²) in [5, 5.41) is 29.0. The van der Waals surface area contributed by atoms with Gasteiger partial charge in [-0.2, -0.15) is 0 Å². The molecule has 0 amide bonds. The molecule has 2 atom stereocenters. The summed E-state index contributed by atoms with van der Waals surface area (Å²) in [7, 11) is 1.39. The number of phenols is 1.